The molecule has 0 bridgehead atoms. The summed E-state index contributed by atoms with van der Waals surface area (Å²) in [5.41, 5.74) is 5.34. The van der Waals surface area contributed by atoms with Crippen LogP contribution in [0.25, 0.3) is 11.1 Å². The number of benzene rings is 2. The van der Waals surface area contributed by atoms with E-state index in [0.29, 0.717) is 30.4 Å². The summed E-state index contributed by atoms with van der Waals surface area (Å²) >= 11 is 0. The first-order valence-electron chi connectivity index (χ1n) is 15.1. The Bertz CT molecular complexity index is 1530. The number of halogens is 2. The lowest BCUT2D eigenvalue weighted by molar-refractivity contribution is -0.184. The van der Waals surface area contributed by atoms with Gasteiger partial charge in [-0.05, 0) is 118 Å². The summed E-state index contributed by atoms with van der Waals surface area (Å²) in [4.78, 5) is 45.0. The minimum Gasteiger partial charge on any atom is -0.347 e. The lowest BCUT2D eigenvalue weighted by Gasteiger charge is -2.26. The van der Waals surface area contributed by atoms with Gasteiger partial charge in [-0.2, -0.15) is 0 Å². The number of hydrogen-bond donors (Lipinski definition) is 1. The van der Waals surface area contributed by atoms with Gasteiger partial charge in [0.1, 0.15) is 11.9 Å². The monoisotopic (exact) mass is 609 g/mol. The van der Waals surface area contributed by atoms with Gasteiger partial charge in [0.15, 0.2) is 0 Å². The number of carbonyl (C=O) groups is 2. The number of aromatic nitrogens is 1. The third-order valence-electron chi connectivity index (χ3n) is 8.08. The largest absolute Gasteiger partial charge is 0.351 e. The van der Waals surface area contributed by atoms with Crippen LogP contribution in [0, 0.1) is 39.4 Å². The van der Waals surface area contributed by atoms with E-state index < -0.39 is 36.2 Å². The highest BCUT2D eigenvalue weighted by molar-refractivity contribution is 5.82. The Hall–Kier alpha value is -3.85. The SMILES string of the molecule is Cc1cc(=O)n(C(CCC(C)C)C(=O)N[C@@H](CC(=O)OF)c2cc(-c3c(C)cccc3C)cc(C)c2F)cc1CCN(C)C. The second kappa shape index (κ2) is 15.2. The van der Waals surface area contributed by atoms with Gasteiger partial charge in [0, 0.05) is 28.9 Å². The molecule has 1 N–H and O–H groups in total. The molecule has 0 fully saturated rings. The fourth-order valence-electron chi connectivity index (χ4n) is 5.59. The van der Waals surface area contributed by atoms with Crippen molar-refractivity contribution in [2.75, 3.05) is 20.6 Å². The number of amides is 1. The zero-order valence-corrected chi connectivity index (χ0v) is 27.1. The first kappa shape index (κ1) is 34.6. The van der Waals surface area contributed by atoms with Crippen LogP contribution < -0.4 is 10.9 Å². The van der Waals surface area contributed by atoms with E-state index in [-0.39, 0.29) is 17.0 Å². The van der Waals surface area contributed by atoms with Crippen LogP contribution in [0.5, 0.6) is 0 Å². The topological polar surface area (TPSA) is 80.6 Å². The third-order valence-corrected chi connectivity index (χ3v) is 8.08. The molecule has 0 aliphatic carbocycles. The Labute approximate surface area is 259 Å². The summed E-state index contributed by atoms with van der Waals surface area (Å²) in [5, 5.41) is 2.79. The van der Waals surface area contributed by atoms with Gasteiger partial charge in [-0.3, -0.25) is 14.5 Å². The van der Waals surface area contributed by atoms with Gasteiger partial charge in [-0.15, -0.1) is 0 Å². The number of aryl methyl sites for hydroxylation is 4. The number of hydrogen-bond acceptors (Lipinski definition) is 5. The Morgan fingerprint density at radius 2 is 1.64 bits per heavy atom. The van der Waals surface area contributed by atoms with Crippen LogP contribution in [-0.2, 0) is 21.0 Å². The third kappa shape index (κ3) is 8.62. The summed E-state index contributed by atoms with van der Waals surface area (Å²) in [6.45, 7) is 12.2. The molecule has 0 spiro atoms. The summed E-state index contributed by atoms with van der Waals surface area (Å²) in [7, 11) is 3.92. The molecule has 3 aromatic rings. The van der Waals surface area contributed by atoms with Crippen molar-refractivity contribution in [2.24, 2.45) is 5.92 Å². The normalized spacial score (nSPS) is 12.8. The highest BCUT2D eigenvalue weighted by Crippen LogP contribution is 2.34. The minimum atomic E-state index is -1.25. The smallest absolute Gasteiger partial charge is 0.347 e. The molecule has 1 amide bonds. The Balaban J connectivity index is 2.11. The van der Waals surface area contributed by atoms with Crippen LogP contribution in [0.1, 0.15) is 78.6 Å². The molecule has 1 aromatic heterocycles. The molecule has 3 rings (SSSR count). The second-order valence-corrected chi connectivity index (χ2v) is 12.4. The van der Waals surface area contributed by atoms with E-state index in [1.165, 1.54) is 10.6 Å². The predicted octanol–water partition coefficient (Wildman–Crippen LogP) is 6.64. The average molecular weight is 610 g/mol. The van der Waals surface area contributed by atoms with Crippen molar-refractivity contribution in [3.05, 3.63) is 92.1 Å². The van der Waals surface area contributed by atoms with Crippen LogP contribution in [0.4, 0.5) is 8.92 Å². The van der Waals surface area contributed by atoms with Crippen LogP contribution in [0.15, 0.2) is 47.4 Å². The molecule has 0 saturated heterocycles. The van der Waals surface area contributed by atoms with Crippen molar-refractivity contribution in [1.82, 2.24) is 14.8 Å². The molecule has 0 aliphatic heterocycles. The van der Waals surface area contributed by atoms with E-state index in [1.54, 1.807) is 25.3 Å². The van der Waals surface area contributed by atoms with E-state index in [2.05, 4.69) is 10.3 Å². The van der Waals surface area contributed by atoms with Gasteiger partial charge in [0.05, 0.1) is 12.5 Å². The van der Waals surface area contributed by atoms with Crippen molar-refractivity contribution in [3.63, 3.8) is 0 Å². The first-order chi connectivity index (χ1) is 20.7. The Kier molecular flexibility index (Phi) is 12.0. The lowest BCUT2D eigenvalue weighted by Crippen LogP contribution is -2.40. The first-order valence-corrected chi connectivity index (χ1v) is 15.1. The number of carbonyl (C=O) groups excluding carboxylic acids is 2. The number of pyridine rings is 1. The fraction of sp³-hybridized carbons (Fsp3) is 0.457. The van der Waals surface area contributed by atoms with Crippen molar-refractivity contribution in [2.45, 2.75) is 79.3 Å². The Morgan fingerprint density at radius 3 is 2.23 bits per heavy atom. The quantitative estimate of drug-likeness (QED) is 0.235. The fourth-order valence-corrected chi connectivity index (χ4v) is 5.59. The van der Waals surface area contributed by atoms with Gasteiger partial charge in [-0.1, -0.05) is 32.0 Å². The van der Waals surface area contributed by atoms with E-state index >= 15 is 4.39 Å². The molecule has 9 heteroatoms. The van der Waals surface area contributed by atoms with Gasteiger partial charge < -0.3 is 14.8 Å². The van der Waals surface area contributed by atoms with Gasteiger partial charge in [0.2, 0.25) is 5.91 Å². The zero-order valence-electron chi connectivity index (χ0n) is 27.1. The maximum Gasteiger partial charge on any atom is 0.351 e. The summed E-state index contributed by atoms with van der Waals surface area (Å²) in [5.74, 6) is -2.19. The summed E-state index contributed by atoms with van der Waals surface area (Å²) in [6, 6.07) is 8.49. The molecule has 0 aliphatic rings. The number of rotatable bonds is 13. The predicted molar refractivity (Wildman–Crippen MR) is 170 cm³/mol. The average Bonchev–Trinajstić information content (AvgIpc) is 2.94. The van der Waals surface area contributed by atoms with Crippen LogP contribution >= 0.6 is 0 Å². The molecule has 7 nitrogen and oxygen atoms in total. The van der Waals surface area contributed by atoms with Crippen molar-refractivity contribution in [3.8, 4) is 11.1 Å². The molecule has 2 atom stereocenters. The van der Waals surface area contributed by atoms with Crippen molar-refractivity contribution in [1.29, 1.82) is 0 Å². The Morgan fingerprint density at radius 1 is 0.977 bits per heavy atom. The van der Waals surface area contributed by atoms with Crippen molar-refractivity contribution < 1.29 is 23.4 Å². The van der Waals surface area contributed by atoms with Crippen LogP contribution in [-0.4, -0.2) is 42.0 Å². The molecule has 2 aromatic carbocycles. The second-order valence-electron chi connectivity index (χ2n) is 12.4. The molecule has 0 radical (unpaired) electrons. The van der Waals surface area contributed by atoms with Gasteiger partial charge in [0.25, 0.3) is 5.56 Å². The molecule has 0 saturated carbocycles. The number of nitrogens with one attached hydrogen (secondary N) is 1. The highest BCUT2D eigenvalue weighted by atomic mass is 19.3. The van der Waals surface area contributed by atoms with E-state index in [9.17, 15) is 18.9 Å². The molecular weight excluding hydrogens is 564 g/mol. The van der Waals surface area contributed by atoms with E-state index in [4.69, 9.17) is 0 Å². The van der Waals surface area contributed by atoms with E-state index in [0.717, 1.165) is 34.4 Å². The summed E-state index contributed by atoms with van der Waals surface area (Å²) in [6.07, 6.45) is 2.74. The maximum absolute atomic E-state index is 15.8. The molecule has 1 heterocycles. The minimum absolute atomic E-state index is 0.0342. The van der Waals surface area contributed by atoms with Crippen LogP contribution in [0.3, 0.4) is 0 Å². The van der Waals surface area contributed by atoms with Crippen LogP contribution in [0.2, 0.25) is 0 Å². The summed E-state index contributed by atoms with van der Waals surface area (Å²) < 4.78 is 30.2. The van der Waals surface area contributed by atoms with Gasteiger partial charge >= 0.3 is 5.97 Å². The number of nitrogens with zero attached hydrogens (tertiary/aromatic N) is 2. The van der Waals surface area contributed by atoms with Crippen molar-refractivity contribution >= 4 is 11.9 Å². The number of likely N-dealkylation sites (N-methyl/N-ethyl adjacent to an activating group) is 1. The maximum atomic E-state index is 15.8. The lowest BCUT2D eigenvalue weighted by atomic mass is 9.90. The highest BCUT2D eigenvalue weighted by Gasteiger charge is 2.29. The standard InChI is InChI=1S/C35H45F2N3O4/c1-21(2)12-13-30(40-20-26(14-15-39(7)8)24(5)17-31(40)41)35(43)38-29(19-32(42)44-37)28-18-27(16-25(6)34(28)36)33-22(3)10-9-11-23(33)4/h9-11,16-18,20-21,29-30H,12-15,19H2,1-8H3,(H,38,43)/t29-,30?/m0/s1. The van der Waals surface area contributed by atoms with Gasteiger partial charge in [-0.25, -0.2) is 9.18 Å². The molecular formula is C35H45F2N3O4. The van der Waals surface area contributed by atoms with E-state index in [1.807, 2.05) is 71.8 Å². The molecule has 44 heavy (non-hydrogen) atoms. The molecule has 238 valence electrons. The zero-order chi connectivity index (χ0) is 32.7. The molecule has 1 unspecified atom stereocenters.